The minimum Gasteiger partial charge on any atom is -0.465 e. The molecule has 1 aliphatic rings. The van der Waals surface area contributed by atoms with Crippen LogP contribution in [0.1, 0.15) is 56.6 Å². The van der Waals surface area contributed by atoms with Gasteiger partial charge in [0.05, 0.1) is 19.3 Å². The van der Waals surface area contributed by atoms with Gasteiger partial charge in [-0.25, -0.2) is 0 Å². The zero-order chi connectivity index (χ0) is 13.2. The van der Waals surface area contributed by atoms with Gasteiger partial charge in [-0.2, -0.15) is 0 Å². The molecule has 1 saturated carbocycles. The van der Waals surface area contributed by atoms with Gasteiger partial charge in [0.2, 0.25) is 0 Å². The number of rotatable bonds is 4. The van der Waals surface area contributed by atoms with Crippen LogP contribution in [0.25, 0.3) is 0 Å². The summed E-state index contributed by atoms with van der Waals surface area (Å²) in [6.07, 6.45) is 5.28. The molecule has 0 unspecified atom stereocenters. The van der Waals surface area contributed by atoms with Gasteiger partial charge in [0.25, 0.3) is 0 Å². The van der Waals surface area contributed by atoms with Gasteiger partial charge in [-0.1, -0.05) is 13.8 Å². The average Bonchev–Trinajstić information content (AvgIpc) is 2.69. The van der Waals surface area contributed by atoms with E-state index in [2.05, 4.69) is 13.8 Å². The Morgan fingerprint density at radius 1 is 1.39 bits per heavy atom. The molecule has 3 heteroatoms. The van der Waals surface area contributed by atoms with Crippen molar-refractivity contribution in [2.75, 3.05) is 0 Å². The highest BCUT2D eigenvalue weighted by Crippen LogP contribution is 2.36. The molecular formula is C15H25NO2. The van der Waals surface area contributed by atoms with E-state index >= 15 is 0 Å². The highest BCUT2D eigenvalue weighted by molar-refractivity contribution is 5.19. The molecule has 0 atom stereocenters. The summed E-state index contributed by atoms with van der Waals surface area (Å²) in [5, 5.41) is 0. The SMILES string of the molecule is Cc1oc(CN)cc1COC1CCC(C)(C)CC1. The van der Waals surface area contributed by atoms with Gasteiger partial charge in [-0.15, -0.1) is 0 Å². The van der Waals surface area contributed by atoms with Crippen molar-refractivity contribution in [3.63, 3.8) is 0 Å². The van der Waals surface area contributed by atoms with Crippen LogP contribution in [0.4, 0.5) is 0 Å². The summed E-state index contributed by atoms with van der Waals surface area (Å²) in [6, 6.07) is 2.02. The Morgan fingerprint density at radius 3 is 2.61 bits per heavy atom. The predicted molar refractivity (Wildman–Crippen MR) is 72.2 cm³/mol. The van der Waals surface area contributed by atoms with Crippen molar-refractivity contribution >= 4 is 0 Å². The van der Waals surface area contributed by atoms with Crippen molar-refractivity contribution in [3.05, 3.63) is 23.2 Å². The maximum absolute atomic E-state index is 6.00. The maximum atomic E-state index is 6.00. The van der Waals surface area contributed by atoms with Crippen LogP contribution in [0.3, 0.4) is 0 Å². The molecule has 0 aromatic carbocycles. The topological polar surface area (TPSA) is 48.4 Å². The van der Waals surface area contributed by atoms with E-state index in [1.807, 2.05) is 13.0 Å². The number of furan rings is 1. The van der Waals surface area contributed by atoms with E-state index in [4.69, 9.17) is 14.9 Å². The van der Waals surface area contributed by atoms with Crippen molar-refractivity contribution in [1.29, 1.82) is 0 Å². The van der Waals surface area contributed by atoms with Crippen LogP contribution < -0.4 is 5.73 Å². The molecule has 1 aliphatic carbocycles. The van der Waals surface area contributed by atoms with E-state index in [1.54, 1.807) is 0 Å². The first-order valence-electron chi connectivity index (χ1n) is 6.90. The average molecular weight is 251 g/mol. The van der Waals surface area contributed by atoms with E-state index in [-0.39, 0.29) is 0 Å². The number of hydrogen-bond acceptors (Lipinski definition) is 3. The highest BCUT2D eigenvalue weighted by atomic mass is 16.5. The first kappa shape index (κ1) is 13.6. The van der Waals surface area contributed by atoms with Gasteiger partial charge < -0.3 is 14.9 Å². The molecule has 0 radical (unpaired) electrons. The first-order chi connectivity index (χ1) is 8.50. The molecule has 0 amide bonds. The Labute approximate surface area is 110 Å². The Kier molecular flexibility index (Phi) is 4.13. The smallest absolute Gasteiger partial charge is 0.118 e. The summed E-state index contributed by atoms with van der Waals surface area (Å²) in [5.74, 6) is 1.78. The van der Waals surface area contributed by atoms with E-state index < -0.39 is 0 Å². The fourth-order valence-corrected chi connectivity index (χ4v) is 2.58. The van der Waals surface area contributed by atoms with E-state index in [0.29, 0.717) is 24.7 Å². The molecule has 3 nitrogen and oxygen atoms in total. The van der Waals surface area contributed by atoms with E-state index in [1.165, 1.54) is 25.7 Å². The monoisotopic (exact) mass is 251 g/mol. The molecule has 1 fully saturated rings. The van der Waals surface area contributed by atoms with Crippen LogP contribution in [-0.2, 0) is 17.9 Å². The van der Waals surface area contributed by atoms with Gasteiger partial charge >= 0.3 is 0 Å². The molecule has 1 heterocycles. The number of nitrogens with two attached hydrogens (primary N) is 1. The molecular weight excluding hydrogens is 226 g/mol. The van der Waals surface area contributed by atoms with Crippen LogP contribution >= 0.6 is 0 Å². The van der Waals surface area contributed by atoms with Crippen LogP contribution in [-0.4, -0.2) is 6.10 Å². The molecule has 0 spiro atoms. The van der Waals surface area contributed by atoms with Gasteiger partial charge in [0.1, 0.15) is 11.5 Å². The summed E-state index contributed by atoms with van der Waals surface area (Å²) in [4.78, 5) is 0. The summed E-state index contributed by atoms with van der Waals surface area (Å²) >= 11 is 0. The molecule has 2 N–H and O–H groups in total. The highest BCUT2D eigenvalue weighted by Gasteiger charge is 2.27. The summed E-state index contributed by atoms with van der Waals surface area (Å²) in [7, 11) is 0. The molecule has 1 aromatic heterocycles. The second kappa shape index (κ2) is 5.45. The Balaban J connectivity index is 1.83. The molecule has 0 aliphatic heterocycles. The van der Waals surface area contributed by atoms with Crippen molar-refractivity contribution in [2.45, 2.75) is 65.7 Å². The molecule has 1 aromatic rings. The predicted octanol–water partition coefficient (Wildman–Crippen LogP) is 3.53. The summed E-state index contributed by atoms with van der Waals surface area (Å²) < 4.78 is 11.5. The van der Waals surface area contributed by atoms with Gasteiger partial charge in [0.15, 0.2) is 0 Å². The Morgan fingerprint density at radius 2 is 2.06 bits per heavy atom. The second-order valence-electron chi connectivity index (χ2n) is 6.17. The minimum atomic E-state index is 0.411. The van der Waals surface area contributed by atoms with Crippen LogP contribution in [0.15, 0.2) is 10.5 Å². The van der Waals surface area contributed by atoms with Crippen molar-refractivity contribution in [3.8, 4) is 0 Å². The molecule has 102 valence electrons. The standard InChI is InChI=1S/C15H25NO2/c1-11-12(8-14(9-16)18-11)10-17-13-4-6-15(2,3)7-5-13/h8,13H,4-7,9-10,16H2,1-3H3. The van der Waals surface area contributed by atoms with Crippen LogP contribution in [0.2, 0.25) is 0 Å². The lowest BCUT2D eigenvalue weighted by Gasteiger charge is -2.34. The van der Waals surface area contributed by atoms with Crippen molar-refractivity contribution in [2.24, 2.45) is 11.1 Å². The summed E-state index contributed by atoms with van der Waals surface area (Å²) in [5.41, 5.74) is 7.20. The fourth-order valence-electron chi connectivity index (χ4n) is 2.58. The lowest BCUT2D eigenvalue weighted by molar-refractivity contribution is -0.00598. The number of aryl methyl sites for hydroxylation is 1. The van der Waals surface area contributed by atoms with Crippen LogP contribution in [0.5, 0.6) is 0 Å². The first-order valence-corrected chi connectivity index (χ1v) is 6.90. The summed E-state index contributed by atoms with van der Waals surface area (Å²) in [6.45, 7) is 7.77. The molecule has 18 heavy (non-hydrogen) atoms. The zero-order valence-electron chi connectivity index (χ0n) is 11.8. The van der Waals surface area contributed by atoms with Crippen molar-refractivity contribution < 1.29 is 9.15 Å². The third-order valence-corrected chi connectivity index (χ3v) is 4.03. The van der Waals surface area contributed by atoms with Crippen molar-refractivity contribution in [1.82, 2.24) is 0 Å². The number of ether oxygens (including phenoxy) is 1. The second-order valence-corrected chi connectivity index (χ2v) is 6.17. The van der Waals surface area contributed by atoms with Crippen LogP contribution in [0, 0.1) is 12.3 Å². The van der Waals surface area contributed by atoms with Gasteiger partial charge in [-0.05, 0) is 44.1 Å². The Bertz CT molecular complexity index is 385. The van der Waals surface area contributed by atoms with Gasteiger partial charge in [-0.3, -0.25) is 0 Å². The third kappa shape index (κ3) is 3.36. The molecule has 0 saturated heterocycles. The minimum absolute atomic E-state index is 0.411. The molecule has 0 bridgehead atoms. The normalized spacial score (nSPS) is 20.2. The molecule has 2 rings (SSSR count). The lowest BCUT2D eigenvalue weighted by Crippen LogP contribution is -2.26. The lowest BCUT2D eigenvalue weighted by atomic mass is 9.76. The van der Waals surface area contributed by atoms with E-state index in [0.717, 1.165) is 17.1 Å². The Hall–Kier alpha value is -0.800. The van der Waals surface area contributed by atoms with Gasteiger partial charge in [0, 0.05) is 5.56 Å². The third-order valence-electron chi connectivity index (χ3n) is 4.03. The maximum Gasteiger partial charge on any atom is 0.118 e. The zero-order valence-corrected chi connectivity index (χ0v) is 11.8. The fraction of sp³-hybridized carbons (Fsp3) is 0.733. The number of hydrogen-bond donors (Lipinski definition) is 1. The largest absolute Gasteiger partial charge is 0.465 e. The van der Waals surface area contributed by atoms with E-state index in [9.17, 15) is 0 Å². The quantitative estimate of drug-likeness (QED) is 0.890.